The van der Waals surface area contributed by atoms with E-state index in [2.05, 4.69) is 26.8 Å². The van der Waals surface area contributed by atoms with Gasteiger partial charge in [0.1, 0.15) is 17.4 Å². The molecule has 1 N–H and O–H groups in total. The topological polar surface area (TPSA) is 77.2 Å². The van der Waals surface area contributed by atoms with Crippen molar-refractivity contribution in [3.8, 4) is 5.75 Å². The number of ether oxygens (including phenoxy) is 1. The van der Waals surface area contributed by atoms with Crippen molar-refractivity contribution >= 4 is 23.2 Å². The van der Waals surface area contributed by atoms with Gasteiger partial charge in [-0.05, 0) is 45.0 Å². The predicted molar refractivity (Wildman–Crippen MR) is 120 cm³/mol. The smallest absolute Gasteiger partial charge is 0.406 e. The molecule has 0 fully saturated rings. The van der Waals surface area contributed by atoms with E-state index in [1.165, 1.54) is 31.2 Å². The second-order valence-electron chi connectivity index (χ2n) is 7.36. The van der Waals surface area contributed by atoms with Crippen LogP contribution in [-0.4, -0.2) is 31.8 Å². The van der Waals surface area contributed by atoms with Gasteiger partial charge in [-0.3, -0.25) is 19.1 Å². The number of amides is 1. The molecule has 2 heterocycles. The minimum absolute atomic E-state index is 0.0759. The minimum atomic E-state index is -4.70. The van der Waals surface area contributed by atoms with Crippen molar-refractivity contribution in [3.05, 3.63) is 60.1 Å². The lowest BCUT2D eigenvalue weighted by atomic mass is 10.2. The molecule has 0 atom stereocenters. The highest BCUT2D eigenvalue weighted by atomic mass is 19.4. The molecule has 0 aliphatic heterocycles. The summed E-state index contributed by atoms with van der Waals surface area (Å²) in [6, 6.07) is 9.30. The van der Waals surface area contributed by atoms with Crippen LogP contribution < -0.4 is 15.0 Å². The third kappa shape index (κ3) is 7.41. The van der Waals surface area contributed by atoms with Crippen LogP contribution in [0.5, 0.6) is 5.75 Å². The maximum Gasteiger partial charge on any atom is 0.573 e. The quantitative estimate of drug-likeness (QED) is 0.576. The highest BCUT2D eigenvalue weighted by molar-refractivity contribution is 5.87. The van der Waals surface area contributed by atoms with E-state index in [1.807, 2.05) is 32.9 Å². The van der Waals surface area contributed by atoms with Crippen LogP contribution >= 0.6 is 0 Å². The largest absolute Gasteiger partial charge is 0.573 e. The molecule has 1 aromatic carbocycles. The SMILES string of the molecule is C=C(C)N(c1ccc(OC(F)(F)F)cc1)c1cc(C)nn1C.CC(=O)Nc1cc(C)nn1C. The molecule has 2 aromatic heterocycles. The molecule has 3 rings (SSSR count). The molecule has 0 aliphatic carbocycles. The van der Waals surface area contributed by atoms with Gasteiger partial charge in [0.25, 0.3) is 0 Å². The van der Waals surface area contributed by atoms with Crippen molar-refractivity contribution in [2.45, 2.75) is 34.1 Å². The number of halogens is 3. The molecule has 178 valence electrons. The van der Waals surface area contributed by atoms with Crippen molar-refractivity contribution in [2.75, 3.05) is 10.2 Å². The zero-order valence-corrected chi connectivity index (χ0v) is 19.4. The van der Waals surface area contributed by atoms with Crippen molar-refractivity contribution in [2.24, 2.45) is 14.1 Å². The number of carbonyl (C=O) groups excluding carboxylic acids is 1. The molecule has 3 aromatic rings. The van der Waals surface area contributed by atoms with Gasteiger partial charge in [-0.2, -0.15) is 10.2 Å². The number of nitrogens with one attached hydrogen (secondary N) is 1. The van der Waals surface area contributed by atoms with Crippen LogP contribution in [0, 0.1) is 13.8 Å². The zero-order chi connectivity index (χ0) is 24.9. The summed E-state index contributed by atoms with van der Waals surface area (Å²) >= 11 is 0. The van der Waals surface area contributed by atoms with Crippen molar-refractivity contribution in [3.63, 3.8) is 0 Å². The molecular weight excluding hydrogens is 437 g/mol. The van der Waals surface area contributed by atoms with Gasteiger partial charge in [0.05, 0.1) is 11.4 Å². The average molecular weight is 464 g/mol. The van der Waals surface area contributed by atoms with Gasteiger partial charge in [0, 0.05) is 44.5 Å². The molecule has 0 aliphatic rings. The van der Waals surface area contributed by atoms with Gasteiger partial charge < -0.3 is 10.1 Å². The van der Waals surface area contributed by atoms with Crippen molar-refractivity contribution < 1.29 is 22.7 Å². The van der Waals surface area contributed by atoms with E-state index in [0.717, 1.165) is 23.0 Å². The summed E-state index contributed by atoms with van der Waals surface area (Å²) < 4.78 is 43.8. The van der Waals surface area contributed by atoms with E-state index in [4.69, 9.17) is 0 Å². The van der Waals surface area contributed by atoms with Crippen LogP contribution in [-0.2, 0) is 18.9 Å². The lowest BCUT2D eigenvalue weighted by Gasteiger charge is -2.24. The third-order valence-electron chi connectivity index (χ3n) is 4.22. The molecule has 11 heteroatoms. The summed E-state index contributed by atoms with van der Waals surface area (Å²) in [6.07, 6.45) is -4.70. The highest BCUT2D eigenvalue weighted by Gasteiger charge is 2.31. The molecule has 0 spiro atoms. The number of benzene rings is 1. The first-order valence-corrected chi connectivity index (χ1v) is 9.87. The molecule has 0 saturated carbocycles. The van der Waals surface area contributed by atoms with Crippen LogP contribution in [0.25, 0.3) is 0 Å². The van der Waals surface area contributed by atoms with Crippen LogP contribution in [0.2, 0.25) is 0 Å². The van der Waals surface area contributed by atoms with Crippen molar-refractivity contribution in [1.82, 2.24) is 19.6 Å². The number of hydrogen-bond acceptors (Lipinski definition) is 5. The van der Waals surface area contributed by atoms with E-state index < -0.39 is 6.36 Å². The number of rotatable bonds is 5. The number of alkyl halides is 3. The lowest BCUT2D eigenvalue weighted by molar-refractivity contribution is -0.274. The number of carbonyl (C=O) groups is 1. The summed E-state index contributed by atoms with van der Waals surface area (Å²) in [4.78, 5) is 12.4. The Morgan fingerprint density at radius 2 is 1.58 bits per heavy atom. The first kappa shape index (κ1) is 25.5. The second kappa shape index (κ2) is 10.2. The molecule has 8 nitrogen and oxygen atoms in total. The Hall–Kier alpha value is -3.76. The van der Waals surface area contributed by atoms with Gasteiger partial charge in [0.15, 0.2) is 0 Å². The first-order valence-electron chi connectivity index (χ1n) is 9.87. The van der Waals surface area contributed by atoms with Gasteiger partial charge in [-0.25, -0.2) is 0 Å². The van der Waals surface area contributed by atoms with Crippen LogP contribution in [0.1, 0.15) is 25.2 Å². The number of anilines is 3. The van der Waals surface area contributed by atoms with Crippen LogP contribution in [0.3, 0.4) is 0 Å². The highest BCUT2D eigenvalue weighted by Crippen LogP contribution is 2.31. The monoisotopic (exact) mass is 464 g/mol. The van der Waals surface area contributed by atoms with Crippen LogP contribution in [0.15, 0.2) is 48.7 Å². The van der Waals surface area contributed by atoms with Crippen molar-refractivity contribution in [1.29, 1.82) is 0 Å². The Morgan fingerprint density at radius 1 is 1.03 bits per heavy atom. The normalized spacial score (nSPS) is 10.8. The number of aromatic nitrogens is 4. The molecule has 0 saturated heterocycles. The Bertz CT molecular complexity index is 1120. The average Bonchev–Trinajstić information content (AvgIpc) is 3.15. The third-order valence-corrected chi connectivity index (χ3v) is 4.22. The fourth-order valence-electron chi connectivity index (χ4n) is 3.06. The van der Waals surface area contributed by atoms with Gasteiger partial charge in [0.2, 0.25) is 5.91 Å². The minimum Gasteiger partial charge on any atom is -0.406 e. The fourth-order valence-corrected chi connectivity index (χ4v) is 3.06. The lowest BCUT2D eigenvalue weighted by Crippen LogP contribution is -2.18. The summed E-state index contributed by atoms with van der Waals surface area (Å²) in [5, 5.41) is 11.0. The van der Waals surface area contributed by atoms with E-state index in [-0.39, 0.29) is 11.7 Å². The Balaban J connectivity index is 0.000000294. The molecule has 33 heavy (non-hydrogen) atoms. The Morgan fingerprint density at radius 3 is 1.97 bits per heavy atom. The standard InChI is InChI=1S/C15H16F3N3O.C7H11N3O/c1-10(2)21(14-9-11(3)19-20(14)4)12-5-7-13(8-6-12)22-15(16,17)18;1-5-4-7(8-6(2)11)10(3)9-5/h5-9H,1H2,2-4H3;4H,1-3H3,(H,8,11). The molecular formula is C22H27F3N6O2. The molecule has 0 unspecified atom stereocenters. The Labute approximate surface area is 190 Å². The van der Waals surface area contributed by atoms with Gasteiger partial charge >= 0.3 is 6.36 Å². The molecule has 0 radical (unpaired) electrons. The zero-order valence-electron chi connectivity index (χ0n) is 19.4. The summed E-state index contributed by atoms with van der Waals surface area (Å²) in [7, 11) is 3.58. The van der Waals surface area contributed by atoms with Crippen LogP contribution in [0.4, 0.5) is 30.5 Å². The van der Waals surface area contributed by atoms with Gasteiger partial charge in [-0.1, -0.05) is 6.58 Å². The van der Waals surface area contributed by atoms with E-state index in [1.54, 1.807) is 28.4 Å². The Kier molecular flexibility index (Phi) is 7.91. The van der Waals surface area contributed by atoms with E-state index >= 15 is 0 Å². The number of hydrogen-bond donors (Lipinski definition) is 1. The first-order chi connectivity index (χ1) is 15.3. The maximum atomic E-state index is 12.2. The molecule has 0 bridgehead atoms. The fraction of sp³-hybridized carbons (Fsp3) is 0.318. The predicted octanol–water partition coefficient (Wildman–Crippen LogP) is 4.99. The maximum absolute atomic E-state index is 12.2. The van der Waals surface area contributed by atoms with E-state index in [9.17, 15) is 18.0 Å². The summed E-state index contributed by atoms with van der Waals surface area (Å²) in [6.45, 7) is 10.9. The second-order valence-corrected chi connectivity index (χ2v) is 7.36. The summed E-state index contributed by atoms with van der Waals surface area (Å²) in [5.41, 5.74) is 3.12. The van der Waals surface area contributed by atoms with Gasteiger partial charge in [-0.15, -0.1) is 13.2 Å². The van der Waals surface area contributed by atoms with E-state index in [0.29, 0.717) is 11.4 Å². The summed E-state index contributed by atoms with van der Waals surface area (Å²) in [5.74, 6) is 1.16. The number of allylic oxidation sites excluding steroid dienone is 1. The number of aryl methyl sites for hydroxylation is 4. The molecule has 1 amide bonds. The number of nitrogens with zero attached hydrogens (tertiary/aromatic N) is 5.